The average molecular weight is 404 g/mol. The summed E-state index contributed by atoms with van der Waals surface area (Å²) in [5.74, 6) is 0.452. The molecule has 1 rings (SSSR count). The molecule has 164 valence electrons. The van der Waals surface area contributed by atoms with Gasteiger partial charge in [-0.2, -0.15) is 0 Å². The summed E-state index contributed by atoms with van der Waals surface area (Å²) < 4.78 is 0. The lowest BCUT2D eigenvalue weighted by Gasteiger charge is -2.34. The third kappa shape index (κ3) is 7.71. The van der Waals surface area contributed by atoms with E-state index in [1.807, 2.05) is 55.9 Å². The van der Waals surface area contributed by atoms with Gasteiger partial charge in [0.15, 0.2) is 0 Å². The monoisotopic (exact) mass is 403 g/mol. The molecule has 2 amide bonds. The molecule has 0 radical (unpaired) electrons. The Hall–Kier alpha value is -2.04. The topological polar surface area (TPSA) is 52.7 Å². The number of carbonyl (C=O) groups excluding carboxylic acids is 2. The van der Waals surface area contributed by atoms with Crippen LogP contribution in [0.5, 0.6) is 0 Å². The maximum atomic E-state index is 12.9. The maximum Gasteiger partial charge on any atom is 0.225 e. The zero-order valence-corrected chi connectivity index (χ0v) is 20.1. The highest BCUT2D eigenvalue weighted by atomic mass is 16.2. The smallest absolute Gasteiger partial charge is 0.225 e. The van der Waals surface area contributed by atoms with Crippen molar-refractivity contribution < 1.29 is 9.59 Å². The van der Waals surface area contributed by atoms with Crippen LogP contribution in [0, 0.1) is 17.3 Å². The minimum atomic E-state index is -0.0658. The van der Waals surface area contributed by atoms with Crippen molar-refractivity contribution in [2.24, 2.45) is 17.3 Å². The molecule has 0 unspecified atom stereocenters. The Morgan fingerprint density at radius 2 is 1.62 bits per heavy atom. The van der Waals surface area contributed by atoms with Gasteiger partial charge in [-0.05, 0) is 42.0 Å². The predicted octanol–water partition coefficient (Wildman–Crippen LogP) is 5.16. The molecule has 1 aromatic rings. The van der Waals surface area contributed by atoms with Crippen molar-refractivity contribution in [3.63, 3.8) is 0 Å². The SMILES string of the molecule is CC(C)C(=O)N(Cc1cc(NC(=O)CC(C)(C)C)ccc1N(C)C)[C@H](C)C(C)C. The Labute approximate surface area is 177 Å². The number of amides is 2. The number of hydrogen-bond donors (Lipinski definition) is 1. The summed E-state index contributed by atoms with van der Waals surface area (Å²) in [7, 11) is 3.99. The van der Waals surface area contributed by atoms with Crippen molar-refractivity contribution in [1.82, 2.24) is 4.90 Å². The maximum absolute atomic E-state index is 12.9. The van der Waals surface area contributed by atoms with Crippen molar-refractivity contribution in [3.8, 4) is 0 Å². The van der Waals surface area contributed by atoms with E-state index in [1.54, 1.807) is 0 Å². The van der Waals surface area contributed by atoms with E-state index >= 15 is 0 Å². The largest absolute Gasteiger partial charge is 0.377 e. The third-order valence-corrected chi connectivity index (χ3v) is 5.11. The van der Waals surface area contributed by atoms with E-state index in [-0.39, 0.29) is 29.2 Å². The zero-order valence-electron chi connectivity index (χ0n) is 20.1. The second-order valence-electron chi connectivity index (χ2n) is 10.1. The zero-order chi connectivity index (χ0) is 22.5. The second-order valence-corrected chi connectivity index (χ2v) is 10.1. The molecule has 0 bridgehead atoms. The molecule has 0 saturated carbocycles. The van der Waals surface area contributed by atoms with Gasteiger partial charge in [0.25, 0.3) is 0 Å². The van der Waals surface area contributed by atoms with Gasteiger partial charge in [0, 0.05) is 50.4 Å². The van der Waals surface area contributed by atoms with Gasteiger partial charge < -0.3 is 15.1 Å². The van der Waals surface area contributed by atoms with Gasteiger partial charge in [0.2, 0.25) is 11.8 Å². The van der Waals surface area contributed by atoms with E-state index in [4.69, 9.17) is 0 Å². The number of benzene rings is 1. The molecular formula is C24H41N3O2. The highest BCUT2D eigenvalue weighted by molar-refractivity contribution is 5.91. The van der Waals surface area contributed by atoms with Crippen LogP contribution in [0.15, 0.2) is 18.2 Å². The summed E-state index contributed by atoms with van der Waals surface area (Å²) in [4.78, 5) is 29.3. The lowest BCUT2D eigenvalue weighted by Crippen LogP contribution is -2.43. The predicted molar refractivity (Wildman–Crippen MR) is 123 cm³/mol. The molecule has 0 aliphatic carbocycles. The average Bonchev–Trinajstić information content (AvgIpc) is 2.56. The van der Waals surface area contributed by atoms with Crippen LogP contribution in [0.25, 0.3) is 0 Å². The van der Waals surface area contributed by atoms with Gasteiger partial charge in [-0.3, -0.25) is 9.59 Å². The van der Waals surface area contributed by atoms with E-state index in [9.17, 15) is 9.59 Å². The fraction of sp³-hybridized carbons (Fsp3) is 0.667. The normalized spacial score (nSPS) is 12.8. The van der Waals surface area contributed by atoms with Gasteiger partial charge >= 0.3 is 0 Å². The van der Waals surface area contributed by atoms with Crippen molar-refractivity contribution in [2.45, 2.75) is 74.4 Å². The van der Waals surface area contributed by atoms with Crippen molar-refractivity contribution in [2.75, 3.05) is 24.3 Å². The first-order chi connectivity index (χ1) is 13.2. The molecule has 1 aromatic carbocycles. The van der Waals surface area contributed by atoms with Crippen LogP contribution in [0.4, 0.5) is 11.4 Å². The first-order valence-electron chi connectivity index (χ1n) is 10.6. The fourth-order valence-corrected chi connectivity index (χ4v) is 3.21. The van der Waals surface area contributed by atoms with Gasteiger partial charge in [0.05, 0.1) is 0 Å². The minimum Gasteiger partial charge on any atom is -0.377 e. The number of carbonyl (C=O) groups is 2. The molecule has 5 nitrogen and oxygen atoms in total. The van der Waals surface area contributed by atoms with E-state index in [2.05, 4.69) is 46.9 Å². The number of nitrogens with one attached hydrogen (secondary N) is 1. The van der Waals surface area contributed by atoms with Crippen LogP contribution in [-0.2, 0) is 16.1 Å². The van der Waals surface area contributed by atoms with Crippen molar-refractivity contribution in [1.29, 1.82) is 0 Å². The Bertz CT molecular complexity index is 703. The lowest BCUT2D eigenvalue weighted by molar-refractivity contribution is -0.138. The van der Waals surface area contributed by atoms with E-state index in [0.29, 0.717) is 18.9 Å². The molecule has 0 saturated heterocycles. The Morgan fingerprint density at radius 1 is 1.03 bits per heavy atom. The van der Waals surface area contributed by atoms with Gasteiger partial charge in [-0.15, -0.1) is 0 Å². The summed E-state index contributed by atoms with van der Waals surface area (Å²) >= 11 is 0. The summed E-state index contributed by atoms with van der Waals surface area (Å²) in [5, 5.41) is 3.02. The van der Waals surface area contributed by atoms with Crippen LogP contribution >= 0.6 is 0 Å². The summed E-state index contributed by atoms with van der Waals surface area (Å²) in [6.45, 7) is 16.9. The van der Waals surface area contributed by atoms with Gasteiger partial charge in [-0.25, -0.2) is 0 Å². The van der Waals surface area contributed by atoms with Crippen LogP contribution < -0.4 is 10.2 Å². The molecule has 0 fully saturated rings. The first kappa shape index (κ1) is 25.0. The number of hydrogen-bond acceptors (Lipinski definition) is 3. The van der Waals surface area contributed by atoms with Crippen LogP contribution in [-0.4, -0.2) is 36.9 Å². The molecule has 0 heterocycles. The molecular weight excluding hydrogens is 362 g/mol. The van der Waals surface area contributed by atoms with Crippen LogP contribution in [0.2, 0.25) is 0 Å². The number of rotatable bonds is 8. The Morgan fingerprint density at radius 3 is 2.07 bits per heavy atom. The molecule has 5 heteroatoms. The molecule has 29 heavy (non-hydrogen) atoms. The van der Waals surface area contributed by atoms with Crippen LogP contribution in [0.3, 0.4) is 0 Å². The minimum absolute atomic E-state index is 0.00622. The molecule has 1 atom stereocenters. The van der Waals surface area contributed by atoms with E-state index in [0.717, 1.165) is 16.9 Å². The molecule has 0 aliphatic rings. The molecule has 0 aromatic heterocycles. The van der Waals surface area contributed by atoms with Gasteiger partial charge in [0.1, 0.15) is 0 Å². The molecule has 0 spiro atoms. The number of nitrogens with zero attached hydrogens (tertiary/aromatic N) is 2. The highest BCUT2D eigenvalue weighted by Crippen LogP contribution is 2.28. The highest BCUT2D eigenvalue weighted by Gasteiger charge is 2.26. The Kier molecular flexibility index (Phi) is 8.73. The Balaban J connectivity index is 3.24. The first-order valence-corrected chi connectivity index (χ1v) is 10.6. The molecule has 0 aliphatic heterocycles. The van der Waals surface area contributed by atoms with Crippen LogP contribution in [0.1, 0.15) is 67.4 Å². The van der Waals surface area contributed by atoms with Crippen molar-refractivity contribution in [3.05, 3.63) is 23.8 Å². The fourth-order valence-electron chi connectivity index (χ4n) is 3.21. The van der Waals surface area contributed by atoms with E-state index in [1.165, 1.54) is 0 Å². The lowest BCUT2D eigenvalue weighted by atomic mass is 9.92. The summed E-state index contributed by atoms with van der Waals surface area (Å²) in [6, 6.07) is 6.07. The second kappa shape index (κ2) is 10.1. The van der Waals surface area contributed by atoms with E-state index < -0.39 is 0 Å². The van der Waals surface area contributed by atoms with Crippen molar-refractivity contribution >= 4 is 23.2 Å². The quantitative estimate of drug-likeness (QED) is 0.652. The summed E-state index contributed by atoms with van der Waals surface area (Å²) in [5.41, 5.74) is 2.79. The molecule has 1 N–H and O–H groups in total. The van der Waals surface area contributed by atoms with Gasteiger partial charge in [-0.1, -0.05) is 48.5 Å². The third-order valence-electron chi connectivity index (χ3n) is 5.11. The number of anilines is 2. The summed E-state index contributed by atoms with van der Waals surface area (Å²) in [6.07, 6.45) is 0.458. The standard InChI is InChI=1S/C24H41N3O2/c1-16(2)18(5)27(23(29)17(3)4)15-19-13-20(11-12-21(19)26(9)10)25-22(28)14-24(6,7)8/h11-13,16-18H,14-15H2,1-10H3,(H,25,28)/t18-/m1/s1.